The highest BCUT2D eigenvalue weighted by molar-refractivity contribution is 9.10. The van der Waals surface area contributed by atoms with Gasteiger partial charge in [-0.3, -0.25) is 4.79 Å². The molecular weight excluding hydrogens is 330 g/mol. The molecule has 0 aromatic heterocycles. The molecule has 0 heterocycles. The maximum Gasteiger partial charge on any atom is 0.316 e. The van der Waals surface area contributed by atoms with Gasteiger partial charge in [-0.1, -0.05) is 46.3 Å². The van der Waals surface area contributed by atoms with E-state index in [1.165, 1.54) is 0 Å². The summed E-state index contributed by atoms with van der Waals surface area (Å²) >= 11 is 3.44. The largest absolute Gasteiger partial charge is 0.460 e. The highest BCUT2D eigenvalue weighted by atomic mass is 79.9. The van der Waals surface area contributed by atoms with Gasteiger partial charge in [0.15, 0.2) is 0 Å². The van der Waals surface area contributed by atoms with Crippen molar-refractivity contribution in [1.82, 2.24) is 0 Å². The molecule has 0 atom stereocenters. The number of hydrogen-bond acceptors (Lipinski definition) is 3. The van der Waals surface area contributed by atoms with Crippen molar-refractivity contribution < 1.29 is 9.53 Å². The molecule has 0 aliphatic carbocycles. The Hall–Kier alpha value is -1.81. The van der Waals surface area contributed by atoms with Crippen LogP contribution in [-0.2, 0) is 21.6 Å². The van der Waals surface area contributed by atoms with Crippen molar-refractivity contribution >= 4 is 27.6 Å². The fourth-order valence-electron chi connectivity index (χ4n) is 1.96. The molecular formula is C17H18BrNO2. The quantitative estimate of drug-likeness (QED) is 0.670. The first kappa shape index (κ1) is 15.6. The van der Waals surface area contributed by atoms with Crippen molar-refractivity contribution in [3.8, 4) is 0 Å². The number of nitrogens with two attached hydrogens (primary N) is 1. The lowest BCUT2D eigenvalue weighted by molar-refractivity contribution is -0.150. The molecule has 21 heavy (non-hydrogen) atoms. The average molecular weight is 348 g/mol. The number of nitrogen functional groups attached to an aromatic ring is 1. The smallest absolute Gasteiger partial charge is 0.316 e. The van der Waals surface area contributed by atoms with Crippen LogP contribution in [0.3, 0.4) is 0 Å². The maximum atomic E-state index is 12.4. The monoisotopic (exact) mass is 347 g/mol. The van der Waals surface area contributed by atoms with E-state index in [1.54, 1.807) is 12.1 Å². The molecule has 0 saturated carbocycles. The van der Waals surface area contributed by atoms with E-state index in [4.69, 9.17) is 10.5 Å². The zero-order valence-electron chi connectivity index (χ0n) is 12.1. The summed E-state index contributed by atoms with van der Waals surface area (Å²) in [7, 11) is 0. The van der Waals surface area contributed by atoms with Gasteiger partial charge >= 0.3 is 5.97 Å². The summed E-state index contributed by atoms with van der Waals surface area (Å²) in [6.07, 6.45) is 0. The van der Waals surface area contributed by atoms with Crippen molar-refractivity contribution in [3.05, 3.63) is 64.1 Å². The van der Waals surface area contributed by atoms with Crippen molar-refractivity contribution in [2.75, 3.05) is 5.73 Å². The van der Waals surface area contributed by atoms with Gasteiger partial charge in [0.05, 0.1) is 5.41 Å². The zero-order valence-corrected chi connectivity index (χ0v) is 13.7. The maximum absolute atomic E-state index is 12.4. The first-order chi connectivity index (χ1) is 9.91. The van der Waals surface area contributed by atoms with E-state index in [0.29, 0.717) is 5.69 Å². The fraction of sp³-hybridized carbons (Fsp3) is 0.235. The molecule has 110 valence electrons. The second kappa shape index (κ2) is 6.31. The van der Waals surface area contributed by atoms with Gasteiger partial charge in [0.25, 0.3) is 0 Å². The Labute approximate surface area is 133 Å². The number of ether oxygens (including phenoxy) is 1. The van der Waals surface area contributed by atoms with E-state index >= 15 is 0 Å². The molecule has 0 bridgehead atoms. The third-order valence-corrected chi connectivity index (χ3v) is 4.23. The topological polar surface area (TPSA) is 52.3 Å². The Morgan fingerprint density at radius 1 is 1.14 bits per heavy atom. The predicted octanol–water partition coefficient (Wildman–Crippen LogP) is 4.05. The van der Waals surface area contributed by atoms with Gasteiger partial charge in [0.1, 0.15) is 6.61 Å². The number of carbonyl (C=O) groups is 1. The van der Waals surface area contributed by atoms with Gasteiger partial charge < -0.3 is 10.5 Å². The van der Waals surface area contributed by atoms with Crippen LogP contribution < -0.4 is 5.73 Å². The Morgan fingerprint density at radius 2 is 1.76 bits per heavy atom. The van der Waals surface area contributed by atoms with Crippen LogP contribution in [0.15, 0.2) is 53.0 Å². The molecule has 0 aliphatic heterocycles. The lowest BCUT2D eigenvalue weighted by Gasteiger charge is -2.23. The molecule has 3 nitrogen and oxygen atoms in total. The fourth-order valence-corrected chi connectivity index (χ4v) is 2.36. The van der Waals surface area contributed by atoms with Crippen molar-refractivity contribution in [3.63, 3.8) is 0 Å². The highest BCUT2D eigenvalue weighted by Gasteiger charge is 2.31. The number of halogens is 1. The number of benzene rings is 2. The van der Waals surface area contributed by atoms with Gasteiger partial charge in [0, 0.05) is 15.7 Å². The Balaban J connectivity index is 2.08. The molecule has 0 unspecified atom stereocenters. The third-order valence-electron chi connectivity index (χ3n) is 3.46. The number of esters is 1. The molecule has 0 aliphatic rings. The minimum atomic E-state index is -0.713. The Kier molecular flexibility index (Phi) is 4.68. The SMILES string of the molecule is CC(C)(C(=O)OCc1ccccc1Br)c1ccc(N)cc1. The number of anilines is 1. The van der Waals surface area contributed by atoms with Crippen LogP contribution in [0.1, 0.15) is 25.0 Å². The Morgan fingerprint density at radius 3 is 2.38 bits per heavy atom. The number of rotatable bonds is 4. The first-order valence-electron chi connectivity index (χ1n) is 6.68. The lowest BCUT2D eigenvalue weighted by atomic mass is 9.85. The summed E-state index contributed by atoms with van der Waals surface area (Å²) in [5.74, 6) is -0.261. The first-order valence-corrected chi connectivity index (χ1v) is 7.47. The van der Waals surface area contributed by atoms with E-state index in [-0.39, 0.29) is 12.6 Å². The van der Waals surface area contributed by atoms with Gasteiger partial charge in [0.2, 0.25) is 0 Å². The molecule has 2 aromatic carbocycles. The summed E-state index contributed by atoms with van der Waals surface area (Å²) in [5, 5.41) is 0. The van der Waals surface area contributed by atoms with E-state index in [9.17, 15) is 4.79 Å². The van der Waals surface area contributed by atoms with Crippen LogP contribution in [0, 0.1) is 0 Å². The van der Waals surface area contributed by atoms with E-state index < -0.39 is 5.41 Å². The molecule has 0 fully saturated rings. The molecule has 4 heteroatoms. The second-order valence-electron chi connectivity index (χ2n) is 5.41. The molecule has 2 aromatic rings. The van der Waals surface area contributed by atoms with Crippen LogP contribution in [-0.4, -0.2) is 5.97 Å². The van der Waals surface area contributed by atoms with Crippen LogP contribution in [0.2, 0.25) is 0 Å². The molecule has 2 N–H and O–H groups in total. The Bertz CT molecular complexity index is 635. The van der Waals surface area contributed by atoms with Gasteiger partial charge in [-0.05, 0) is 37.6 Å². The summed E-state index contributed by atoms with van der Waals surface area (Å²) in [6, 6.07) is 15.0. The van der Waals surface area contributed by atoms with Crippen molar-refractivity contribution in [1.29, 1.82) is 0 Å². The standard InChI is InChI=1S/C17H18BrNO2/c1-17(2,13-7-9-14(19)10-8-13)16(20)21-11-12-5-3-4-6-15(12)18/h3-10H,11,19H2,1-2H3. The summed E-state index contributed by atoms with van der Waals surface area (Å²) in [4.78, 5) is 12.4. The van der Waals surface area contributed by atoms with Crippen molar-refractivity contribution in [2.24, 2.45) is 0 Å². The summed E-state index contributed by atoms with van der Waals surface area (Å²) in [5.41, 5.74) is 7.47. The highest BCUT2D eigenvalue weighted by Crippen LogP contribution is 2.26. The van der Waals surface area contributed by atoms with Gasteiger partial charge in [-0.2, -0.15) is 0 Å². The summed E-state index contributed by atoms with van der Waals surface area (Å²) < 4.78 is 6.39. The normalized spacial score (nSPS) is 11.2. The van der Waals surface area contributed by atoms with Crippen LogP contribution in [0.5, 0.6) is 0 Å². The number of hydrogen-bond donors (Lipinski definition) is 1. The van der Waals surface area contributed by atoms with Crippen LogP contribution in [0.25, 0.3) is 0 Å². The predicted molar refractivity (Wildman–Crippen MR) is 87.8 cm³/mol. The molecule has 2 rings (SSSR count). The van der Waals surface area contributed by atoms with Crippen molar-refractivity contribution in [2.45, 2.75) is 25.9 Å². The summed E-state index contributed by atoms with van der Waals surface area (Å²) in [6.45, 7) is 3.94. The van der Waals surface area contributed by atoms with Crippen LogP contribution in [0.4, 0.5) is 5.69 Å². The molecule has 0 saturated heterocycles. The van der Waals surface area contributed by atoms with E-state index in [0.717, 1.165) is 15.6 Å². The lowest BCUT2D eigenvalue weighted by Crippen LogP contribution is -2.31. The molecule has 0 radical (unpaired) electrons. The van der Waals surface area contributed by atoms with Gasteiger partial charge in [-0.15, -0.1) is 0 Å². The molecule has 0 amide bonds. The van der Waals surface area contributed by atoms with Gasteiger partial charge in [-0.25, -0.2) is 0 Å². The zero-order chi connectivity index (χ0) is 15.5. The van der Waals surface area contributed by atoms with E-state index in [2.05, 4.69) is 15.9 Å². The third kappa shape index (κ3) is 3.64. The van der Waals surface area contributed by atoms with E-state index in [1.807, 2.05) is 50.2 Å². The average Bonchev–Trinajstić information content (AvgIpc) is 2.46. The molecule has 0 spiro atoms. The number of carbonyl (C=O) groups excluding carboxylic acids is 1. The minimum Gasteiger partial charge on any atom is -0.460 e. The van der Waals surface area contributed by atoms with Crippen LogP contribution >= 0.6 is 15.9 Å². The minimum absolute atomic E-state index is 0.249. The second-order valence-corrected chi connectivity index (χ2v) is 6.27.